The van der Waals surface area contributed by atoms with E-state index in [0.717, 1.165) is 63.2 Å². The van der Waals surface area contributed by atoms with Crippen molar-refractivity contribution in [3.63, 3.8) is 0 Å². The summed E-state index contributed by atoms with van der Waals surface area (Å²) in [6, 6.07) is 7.94. The molecule has 0 saturated carbocycles. The van der Waals surface area contributed by atoms with Gasteiger partial charge in [0, 0.05) is 30.9 Å². The van der Waals surface area contributed by atoms with Crippen LogP contribution in [0.4, 0.5) is 5.69 Å². The lowest BCUT2D eigenvalue weighted by atomic mass is 9.71. The van der Waals surface area contributed by atoms with E-state index in [0.29, 0.717) is 5.41 Å². The van der Waals surface area contributed by atoms with E-state index in [2.05, 4.69) is 17.6 Å². The number of nitrogens with zero attached hydrogens (tertiary/aromatic N) is 1. The lowest BCUT2D eigenvalue weighted by Crippen LogP contribution is -2.47. The molecule has 0 aliphatic carbocycles. The highest BCUT2D eigenvalue weighted by Crippen LogP contribution is 2.39. The van der Waals surface area contributed by atoms with Gasteiger partial charge in [-0.1, -0.05) is 6.92 Å². The van der Waals surface area contributed by atoms with Crippen LogP contribution in [0.3, 0.4) is 0 Å². The van der Waals surface area contributed by atoms with Crippen LogP contribution in [-0.2, 0) is 0 Å². The molecule has 0 bridgehead atoms. The molecule has 1 amide bonds. The van der Waals surface area contributed by atoms with E-state index in [1.807, 2.05) is 29.2 Å². The molecule has 5 heteroatoms. The molecule has 0 aromatic heterocycles. The van der Waals surface area contributed by atoms with Crippen LogP contribution in [0.2, 0.25) is 0 Å². The Labute approximate surface area is 151 Å². The van der Waals surface area contributed by atoms with Crippen LogP contribution in [0.25, 0.3) is 0 Å². The Morgan fingerprint density at radius 2 is 1.75 bits per heavy atom. The van der Waals surface area contributed by atoms with Gasteiger partial charge >= 0.3 is 0 Å². The second-order valence-corrected chi connectivity index (χ2v) is 7.05. The summed E-state index contributed by atoms with van der Waals surface area (Å²) in [7, 11) is 0. The van der Waals surface area contributed by atoms with Crippen LogP contribution in [0, 0.1) is 5.41 Å². The minimum Gasteiger partial charge on any atom is -0.385 e. The van der Waals surface area contributed by atoms with Crippen molar-refractivity contribution in [2.24, 2.45) is 5.41 Å². The van der Waals surface area contributed by atoms with Gasteiger partial charge in [0.2, 0.25) is 0 Å². The lowest BCUT2D eigenvalue weighted by molar-refractivity contribution is 0.0496. The standard InChI is InChI=1S/C19H29N3O.ClH/c1-2-11-21-17-5-3-16(4-6-17)18(23)22-14-9-19(10-15-22)7-12-20-13-8-19;/h3-6,20-21H,2,7-15H2,1H3;1H. The maximum absolute atomic E-state index is 12.7. The second kappa shape index (κ2) is 8.72. The maximum atomic E-state index is 12.7. The molecule has 0 unspecified atom stereocenters. The molecule has 134 valence electrons. The highest BCUT2D eigenvalue weighted by molar-refractivity contribution is 5.94. The molecule has 0 radical (unpaired) electrons. The highest BCUT2D eigenvalue weighted by Gasteiger charge is 2.36. The zero-order valence-corrected chi connectivity index (χ0v) is 15.5. The molecule has 2 heterocycles. The normalized spacial score (nSPS) is 19.6. The highest BCUT2D eigenvalue weighted by atomic mass is 35.5. The quantitative estimate of drug-likeness (QED) is 0.872. The monoisotopic (exact) mass is 351 g/mol. The number of hydrogen-bond donors (Lipinski definition) is 2. The van der Waals surface area contributed by atoms with E-state index < -0.39 is 0 Å². The zero-order chi connectivity index (χ0) is 16.1. The third-order valence-corrected chi connectivity index (χ3v) is 5.49. The van der Waals surface area contributed by atoms with Gasteiger partial charge in [0.25, 0.3) is 5.91 Å². The Morgan fingerprint density at radius 1 is 1.12 bits per heavy atom. The predicted molar refractivity (Wildman–Crippen MR) is 102 cm³/mol. The zero-order valence-electron chi connectivity index (χ0n) is 14.6. The van der Waals surface area contributed by atoms with Crippen molar-refractivity contribution >= 4 is 24.0 Å². The molecule has 2 fully saturated rings. The topological polar surface area (TPSA) is 44.4 Å². The summed E-state index contributed by atoms with van der Waals surface area (Å²) in [5.41, 5.74) is 2.40. The first-order valence-corrected chi connectivity index (χ1v) is 9.06. The van der Waals surface area contributed by atoms with Crippen molar-refractivity contribution < 1.29 is 4.79 Å². The molecule has 2 aliphatic rings. The Balaban J connectivity index is 0.00000208. The van der Waals surface area contributed by atoms with Crippen molar-refractivity contribution in [3.8, 4) is 0 Å². The number of hydrogen-bond acceptors (Lipinski definition) is 3. The minimum absolute atomic E-state index is 0. The fraction of sp³-hybridized carbons (Fsp3) is 0.632. The average molecular weight is 352 g/mol. The van der Waals surface area contributed by atoms with Gasteiger partial charge in [0.1, 0.15) is 0 Å². The maximum Gasteiger partial charge on any atom is 0.253 e. The summed E-state index contributed by atoms with van der Waals surface area (Å²) in [5.74, 6) is 0.191. The van der Waals surface area contributed by atoms with Crippen molar-refractivity contribution in [2.75, 3.05) is 38.0 Å². The van der Waals surface area contributed by atoms with Crippen LogP contribution in [0.15, 0.2) is 24.3 Å². The Hall–Kier alpha value is -1.26. The van der Waals surface area contributed by atoms with Gasteiger partial charge in [-0.15, -0.1) is 12.4 Å². The second-order valence-electron chi connectivity index (χ2n) is 7.05. The third kappa shape index (κ3) is 4.42. The van der Waals surface area contributed by atoms with Crippen molar-refractivity contribution in [1.29, 1.82) is 0 Å². The third-order valence-electron chi connectivity index (χ3n) is 5.49. The fourth-order valence-corrected chi connectivity index (χ4v) is 3.82. The number of nitrogens with one attached hydrogen (secondary N) is 2. The number of piperidine rings is 2. The van der Waals surface area contributed by atoms with Gasteiger partial charge in [0.15, 0.2) is 0 Å². The van der Waals surface area contributed by atoms with E-state index in [1.54, 1.807) is 0 Å². The van der Waals surface area contributed by atoms with Crippen LogP contribution in [-0.4, -0.2) is 43.5 Å². The first kappa shape index (κ1) is 19.1. The van der Waals surface area contributed by atoms with E-state index in [4.69, 9.17) is 0 Å². The number of carbonyl (C=O) groups excluding carboxylic acids is 1. The number of carbonyl (C=O) groups is 1. The molecule has 24 heavy (non-hydrogen) atoms. The summed E-state index contributed by atoms with van der Waals surface area (Å²) in [4.78, 5) is 14.7. The molecule has 2 N–H and O–H groups in total. The SMILES string of the molecule is CCCNc1ccc(C(=O)N2CCC3(CCNCC3)CC2)cc1.Cl. The van der Waals surface area contributed by atoms with E-state index in [-0.39, 0.29) is 18.3 Å². The first-order chi connectivity index (χ1) is 11.2. The van der Waals surface area contributed by atoms with E-state index in [9.17, 15) is 4.79 Å². The summed E-state index contributed by atoms with van der Waals surface area (Å²) in [6.07, 6.45) is 5.97. The smallest absolute Gasteiger partial charge is 0.253 e. The van der Waals surface area contributed by atoms with Crippen molar-refractivity contribution in [1.82, 2.24) is 10.2 Å². The minimum atomic E-state index is 0. The summed E-state index contributed by atoms with van der Waals surface area (Å²) in [6.45, 7) is 7.22. The molecular weight excluding hydrogens is 322 g/mol. The van der Waals surface area contributed by atoms with E-state index >= 15 is 0 Å². The van der Waals surface area contributed by atoms with Gasteiger partial charge in [-0.25, -0.2) is 0 Å². The summed E-state index contributed by atoms with van der Waals surface area (Å²) < 4.78 is 0. The van der Waals surface area contributed by atoms with Crippen LogP contribution < -0.4 is 10.6 Å². The number of anilines is 1. The van der Waals surface area contributed by atoms with Crippen molar-refractivity contribution in [2.45, 2.75) is 39.0 Å². The lowest BCUT2D eigenvalue weighted by Gasteiger charge is -2.44. The molecule has 1 aromatic carbocycles. The number of rotatable bonds is 4. The van der Waals surface area contributed by atoms with Crippen LogP contribution in [0.5, 0.6) is 0 Å². The Bertz CT molecular complexity index is 516. The van der Waals surface area contributed by atoms with Crippen molar-refractivity contribution in [3.05, 3.63) is 29.8 Å². The Kier molecular flexibility index (Phi) is 6.93. The molecule has 1 spiro atoms. The van der Waals surface area contributed by atoms with Crippen LogP contribution in [0.1, 0.15) is 49.4 Å². The molecule has 2 aliphatic heterocycles. The van der Waals surface area contributed by atoms with Gasteiger partial charge in [0.05, 0.1) is 0 Å². The van der Waals surface area contributed by atoms with Gasteiger partial charge in [-0.2, -0.15) is 0 Å². The molecule has 0 atom stereocenters. The average Bonchev–Trinajstić information content (AvgIpc) is 2.61. The number of likely N-dealkylation sites (tertiary alicyclic amines) is 1. The molecular formula is C19H30ClN3O. The summed E-state index contributed by atoms with van der Waals surface area (Å²) in [5, 5.41) is 6.80. The summed E-state index contributed by atoms with van der Waals surface area (Å²) >= 11 is 0. The first-order valence-electron chi connectivity index (χ1n) is 9.06. The fourth-order valence-electron chi connectivity index (χ4n) is 3.82. The molecule has 4 nitrogen and oxygen atoms in total. The van der Waals surface area contributed by atoms with Gasteiger partial charge < -0.3 is 15.5 Å². The number of halogens is 1. The number of benzene rings is 1. The molecule has 3 rings (SSSR count). The molecule has 2 saturated heterocycles. The Morgan fingerprint density at radius 3 is 2.33 bits per heavy atom. The predicted octanol–water partition coefficient (Wildman–Crippen LogP) is 3.54. The van der Waals surface area contributed by atoms with E-state index in [1.165, 1.54) is 12.8 Å². The molecule has 1 aromatic rings. The van der Waals surface area contributed by atoms with Gasteiger partial charge in [-0.3, -0.25) is 4.79 Å². The largest absolute Gasteiger partial charge is 0.385 e. The van der Waals surface area contributed by atoms with Crippen LogP contribution >= 0.6 is 12.4 Å². The van der Waals surface area contributed by atoms with Gasteiger partial charge in [-0.05, 0) is 74.9 Å². The number of amides is 1.